The molecule has 0 saturated carbocycles. The molecule has 0 radical (unpaired) electrons. The zero-order chi connectivity index (χ0) is 28.2. The molecule has 0 spiro atoms. The highest BCUT2D eigenvalue weighted by Crippen LogP contribution is 2.49. The highest BCUT2D eigenvalue weighted by Gasteiger charge is 2.43. The molecule has 0 bridgehead atoms. The number of Topliss-reactive ketones (excluding diaryl/α,β-unsaturated/α-hetero) is 1. The van der Waals surface area contributed by atoms with Crippen LogP contribution in [0.2, 0.25) is 0 Å². The fraction of sp³-hybridized carbons (Fsp3) is 0.438. The van der Waals surface area contributed by atoms with E-state index in [0.717, 1.165) is 29.7 Å². The van der Waals surface area contributed by atoms with Gasteiger partial charge in [-0.25, -0.2) is 4.79 Å². The molecular weight excluding hydrogens is 510 g/mol. The molecule has 1 saturated heterocycles. The fourth-order valence-electron chi connectivity index (χ4n) is 6.03. The van der Waals surface area contributed by atoms with Crippen LogP contribution in [-0.4, -0.2) is 51.9 Å². The monoisotopic (exact) mass is 547 g/mol. The van der Waals surface area contributed by atoms with E-state index in [1.165, 1.54) is 0 Å². The summed E-state index contributed by atoms with van der Waals surface area (Å²) in [4.78, 5) is 27.7. The minimum Gasteiger partial charge on any atom is -0.497 e. The largest absolute Gasteiger partial charge is 0.497 e. The van der Waals surface area contributed by atoms with E-state index in [-0.39, 0.29) is 30.8 Å². The van der Waals surface area contributed by atoms with Gasteiger partial charge in [-0.2, -0.15) is 0 Å². The zero-order valence-electron chi connectivity index (χ0n) is 23.6. The van der Waals surface area contributed by atoms with Crippen LogP contribution >= 0.6 is 0 Å². The van der Waals surface area contributed by atoms with Gasteiger partial charge < -0.3 is 29.0 Å². The summed E-state index contributed by atoms with van der Waals surface area (Å²) < 4.78 is 28.5. The van der Waals surface area contributed by atoms with Gasteiger partial charge >= 0.3 is 5.97 Å². The standard InChI is InChI=1S/C32H37NO7/c1-5-38-28-11-7-6-10-23(28)30-29(32(35)40-18-22-9-8-14-39-22)19(2)33-25-15-20(16-26(34)31(25)30)24-17-21(36-3)12-13-27(24)37-4/h6-7,10-13,17,20,22,30,33H,5,8-9,14-16,18H2,1-4H3. The molecule has 3 atom stereocenters. The number of esters is 1. The SMILES string of the molecule is CCOc1ccccc1C1C(C(=O)OCC2CCCO2)=C(C)NC2=C1C(=O)CC(c1cc(OC)ccc1OC)C2. The highest BCUT2D eigenvalue weighted by atomic mass is 16.6. The van der Waals surface area contributed by atoms with Gasteiger partial charge in [0.25, 0.3) is 0 Å². The molecule has 212 valence electrons. The number of para-hydroxylation sites is 1. The van der Waals surface area contributed by atoms with Crippen molar-refractivity contribution in [1.29, 1.82) is 0 Å². The Morgan fingerprint density at radius 3 is 2.60 bits per heavy atom. The number of ether oxygens (including phenoxy) is 5. The quantitative estimate of drug-likeness (QED) is 0.429. The maximum absolute atomic E-state index is 14.1. The lowest BCUT2D eigenvalue weighted by molar-refractivity contribution is -0.142. The molecule has 2 aromatic rings. The molecule has 3 unspecified atom stereocenters. The molecule has 0 amide bonds. The van der Waals surface area contributed by atoms with Crippen molar-refractivity contribution in [3.8, 4) is 17.2 Å². The molecule has 1 N–H and O–H groups in total. The van der Waals surface area contributed by atoms with E-state index in [2.05, 4.69) is 5.32 Å². The van der Waals surface area contributed by atoms with E-state index in [9.17, 15) is 9.59 Å². The Morgan fingerprint density at radius 2 is 1.88 bits per heavy atom. The first-order valence-electron chi connectivity index (χ1n) is 13.9. The van der Waals surface area contributed by atoms with E-state index in [4.69, 9.17) is 23.7 Å². The van der Waals surface area contributed by atoms with Crippen molar-refractivity contribution in [2.24, 2.45) is 0 Å². The van der Waals surface area contributed by atoms with Crippen LogP contribution in [0.4, 0.5) is 0 Å². The Hall–Kier alpha value is -3.78. The third kappa shape index (κ3) is 5.45. The van der Waals surface area contributed by atoms with E-state index >= 15 is 0 Å². The zero-order valence-corrected chi connectivity index (χ0v) is 23.6. The van der Waals surface area contributed by atoms with Crippen LogP contribution in [0.1, 0.15) is 62.5 Å². The number of hydrogen-bond donors (Lipinski definition) is 1. The smallest absolute Gasteiger partial charge is 0.336 e. The molecule has 40 heavy (non-hydrogen) atoms. The van der Waals surface area contributed by atoms with Gasteiger partial charge in [-0.3, -0.25) is 4.79 Å². The van der Waals surface area contributed by atoms with Crippen molar-refractivity contribution in [3.63, 3.8) is 0 Å². The Bertz CT molecular complexity index is 1340. The van der Waals surface area contributed by atoms with E-state index < -0.39 is 11.9 Å². The van der Waals surface area contributed by atoms with Crippen molar-refractivity contribution in [3.05, 3.63) is 76.1 Å². The van der Waals surface area contributed by atoms with Gasteiger partial charge in [0.1, 0.15) is 23.9 Å². The van der Waals surface area contributed by atoms with Crippen molar-refractivity contribution in [2.75, 3.05) is 34.0 Å². The second kappa shape index (κ2) is 12.2. The van der Waals surface area contributed by atoms with E-state index in [0.29, 0.717) is 53.7 Å². The predicted octanol–water partition coefficient (Wildman–Crippen LogP) is 5.19. The number of nitrogens with one attached hydrogen (secondary N) is 1. The summed E-state index contributed by atoms with van der Waals surface area (Å²) in [5, 5.41) is 3.42. The average molecular weight is 548 g/mol. The number of rotatable bonds is 9. The molecule has 5 rings (SSSR count). The Morgan fingerprint density at radius 1 is 1.05 bits per heavy atom. The lowest BCUT2D eigenvalue weighted by Crippen LogP contribution is -2.36. The first-order valence-corrected chi connectivity index (χ1v) is 13.9. The number of dihydropyridines is 1. The van der Waals surface area contributed by atoms with Crippen molar-refractivity contribution in [1.82, 2.24) is 5.32 Å². The van der Waals surface area contributed by atoms with Gasteiger partial charge in [0, 0.05) is 47.0 Å². The minimum absolute atomic E-state index is 0.0307. The molecular formula is C32H37NO7. The third-order valence-electron chi connectivity index (χ3n) is 7.88. The second-order valence-electron chi connectivity index (χ2n) is 10.3. The lowest BCUT2D eigenvalue weighted by atomic mass is 9.71. The van der Waals surface area contributed by atoms with Crippen LogP contribution in [0.25, 0.3) is 0 Å². The van der Waals surface area contributed by atoms with Gasteiger partial charge in [0.2, 0.25) is 0 Å². The van der Waals surface area contributed by atoms with Crippen molar-refractivity contribution >= 4 is 11.8 Å². The number of ketones is 1. The van der Waals surface area contributed by atoms with Crippen LogP contribution < -0.4 is 19.5 Å². The van der Waals surface area contributed by atoms with Gasteiger partial charge in [-0.1, -0.05) is 18.2 Å². The summed E-state index contributed by atoms with van der Waals surface area (Å²) in [6.45, 7) is 5.11. The summed E-state index contributed by atoms with van der Waals surface area (Å²) in [5.74, 6) is 0.844. The molecule has 1 fully saturated rings. The van der Waals surface area contributed by atoms with E-state index in [1.807, 2.05) is 56.3 Å². The maximum Gasteiger partial charge on any atom is 0.336 e. The van der Waals surface area contributed by atoms with Gasteiger partial charge in [-0.15, -0.1) is 0 Å². The normalized spacial score (nSPS) is 22.5. The van der Waals surface area contributed by atoms with E-state index in [1.54, 1.807) is 14.2 Å². The average Bonchev–Trinajstić information content (AvgIpc) is 3.49. The fourth-order valence-corrected chi connectivity index (χ4v) is 6.03. The minimum atomic E-state index is -0.614. The molecule has 1 aliphatic carbocycles. The van der Waals surface area contributed by atoms with Gasteiger partial charge in [0.15, 0.2) is 5.78 Å². The molecule has 8 nitrogen and oxygen atoms in total. The molecule has 2 aliphatic heterocycles. The van der Waals surface area contributed by atoms with Gasteiger partial charge in [0.05, 0.1) is 38.4 Å². The first kappa shape index (κ1) is 27.8. The number of allylic oxidation sites excluding steroid dienone is 3. The lowest BCUT2D eigenvalue weighted by Gasteiger charge is -2.37. The van der Waals surface area contributed by atoms with Crippen LogP contribution in [0, 0.1) is 0 Å². The van der Waals surface area contributed by atoms with Gasteiger partial charge in [-0.05, 0) is 57.4 Å². The number of carbonyl (C=O) groups excluding carboxylic acids is 2. The second-order valence-corrected chi connectivity index (χ2v) is 10.3. The molecule has 3 aliphatic rings. The molecule has 2 aromatic carbocycles. The Balaban J connectivity index is 1.55. The number of carbonyl (C=O) groups is 2. The summed E-state index contributed by atoms with van der Waals surface area (Å²) in [6, 6.07) is 13.2. The predicted molar refractivity (Wildman–Crippen MR) is 150 cm³/mol. The number of hydrogen-bond acceptors (Lipinski definition) is 8. The Labute approximate surface area is 235 Å². The third-order valence-corrected chi connectivity index (χ3v) is 7.88. The summed E-state index contributed by atoms with van der Waals surface area (Å²) in [6.07, 6.45) is 2.57. The van der Waals surface area contributed by atoms with Crippen LogP contribution in [0.15, 0.2) is 65.0 Å². The highest BCUT2D eigenvalue weighted by molar-refractivity contribution is 6.04. The molecule has 8 heteroatoms. The summed E-state index contributed by atoms with van der Waals surface area (Å²) >= 11 is 0. The molecule has 0 aromatic heterocycles. The maximum atomic E-state index is 14.1. The number of benzene rings is 2. The molecule has 2 heterocycles. The summed E-state index contributed by atoms with van der Waals surface area (Å²) in [5.41, 5.74) is 4.16. The number of methoxy groups -OCH3 is 2. The topological polar surface area (TPSA) is 92.3 Å². The van der Waals surface area contributed by atoms with Crippen molar-refractivity contribution < 1.29 is 33.3 Å². The van der Waals surface area contributed by atoms with Crippen LogP contribution in [0.3, 0.4) is 0 Å². The van der Waals surface area contributed by atoms with Crippen LogP contribution in [-0.2, 0) is 19.1 Å². The first-order chi connectivity index (χ1) is 19.4. The Kier molecular flexibility index (Phi) is 8.45. The van der Waals surface area contributed by atoms with Crippen LogP contribution in [0.5, 0.6) is 17.2 Å². The summed E-state index contributed by atoms with van der Waals surface area (Å²) in [7, 11) is 3.25. The van der Waals surface area contributed by atoms with Crippen molar-refractivity contribution in [2.45, 2.75) is 57.5 Å².